The summed E-state index contributed by atoms with van der Waals surface area (Å²) in [7, 11) is 3.74. The number of anilines is 2. The maximum atomic E-state index is 12.0. The summed E-state index contributed by atoms with van der Waals surface area (Å²) in [4.78, 5) is 13.8. The Morgan fingerprint density at radius 1 is 1.42 bits per heavy atom. The molecule has 0 atom stereocenters. The number of nitrogens with two attached hydrogens (primary N) is 1. The van der Waals surface area contributed by atoms with E-state index in [0.29, 0.717) is 12.2 Å². The highest BCUT2D eigenvalue weighted by Crippen LogP contribution is 2.22. The third-order valence-electron chi connectivity index (χ3n) is 2.83. The fourth-order valence-electron chi connectivity index (χ4n) is 1.68. The monoisotopic (exact) mass is 322 g/mol. The Hall–Kier alpha value is -1.82. The number of hydrogen-bond donors (Lipinski definition) is 1. The van der Waals surface area contributed by atoms with Crippen LogP contribution in [-0.2, 0) is 6.54 Å². The van der Waals surface area contributed by atoms with E-state index < -0.39 is 0 Å². The van der Waals surface area contributed by atoms with Crippen LogP contribution < -0.4 is 16.2 Å². The molecule has 2 N–H and O–H groups in total. The summed E-state index contributed by atoms with van der Waals surface area (Å²) in [6.07, 6.45) is 1.66. The molecule has 0 aliphatic rings. The summed E-state index contributed by atoms with van der Waals surface area (Å²) < 4.78 is 2.27. The molecule has 0 amide bonds. The van der Waals surface area contributed by atoms with E-state index in [4.69, 9.17) is 5.73 Å². The molecule has 1 aromatic carbocycles. The van der Waals surface area contributed by atoms with Gasteiger partial charge in [-0.25, -0.2) is 4.68 Å². The summed E-state index contributed by atoms with van der Waals surface area (Å²) in [5, 5.41) is 4.16. The van der Waals surface area contributed by atoms with Gasteiger partial charge in [-0.15, -0.1) is 0 Å². The molecular formula is C13H15BrN4O. The van der Waals surface area contributed by atoms with E-state index in [1.807, 2.05) is 31.1 Å². The number of nitrogens with zero attached hydrogens (tertiary/aromatic N) is 3. The second-order valence-electron chi connectivity index (χ2n) is 4.41. The van der Waals surface area contributed by atoms with Crippen LogP contribution >= 0.6 is 15.9 Å². The first kappa shape index (κ1) is 13.6. The van der Waals surface area contributed by atoms with Crippen LogP contribution in [0.3, 0.4) is 0 Å². The van der Waals surface area contributed by atoms with Gasteiger partial charge >= 0.3 is 0 Å². The lowest BCUT2D eigenvalue weighted by atomic mass is 10.2. The first-order valence-electron chi connectivity index (χ1n) is 5.76. The van der Waals surface area contributed by atoms with Gasteiger partial charge in [-0.05, 0) is 12.1 Å². The van der Waals surface area contributed by atoms with Crippen LogP contribution in [-0.4, -0.2) is 23.9 Å². The Bertz CT molecular complexity index is 631. The fraction of sp³-hybridized carbons (Fsp3) is 0.231. The second kappa shape index (κ2) is 5.44. The molecule has 0 unspecified atom stereocenters. The van der Waals surface area contributed by atoms with Crippen molar-refractivity contribution in [2.45, 2.75) is 6.54 Å². The lowest BCUT2D eigenvalue weighted by molar-refractivity contribution is 0.638. The first-order chi connectivity index (χ1) is 8.99. The third-order valence-corrected chi connectivity index (χ3v) is 3.58. The molecule has 2 rings (SSSR count). The molecule has 1 heterocycles. The molecule has 0 saturated carbocycles. The molecule has 100 valence electrons. The average molecular weight is 323 g/mol. The first-order valence-corrected chi connectivity index (χ1v) is 6.55. The van der Waals surface area contributed by atoms with Crippen molar-refractivity contribution in [3.05, 3.63) is 50.9 Å². The highest BCUT2D eigenvalue weighted by molar-refractivity contribution is 9.10. The van der Waals surface area contributed by atoms with Crippen LogP contribution in [0.2, 0.25) is 0 Å². The molecule has 2 aromatic rings. The Morgan fingerprint density at radius 3 is 2.74 bits per heavy atom. The lowest BCUT2D eigenvalue weighted by Gasteiger charge is -2.13. The highest BCUT2D eigenvalue weighted by atomic mass is 79.9. The molecule has 6 heteroatoms. The van der Waals surface area contributed by atoms with Gasteiger partial charge in [-0.1, -0.05) is 22.0 Å². The predicted octanol–water partition coefficient (Wildman–Crippen LogP) is 1.70. The van der Waals surface area contributed by atoms with Crippen LogP contribution in [0.4, 0.5) is 11.4 Å². The zero-order valence-corrected chi connectivity index (χ0v) is 12.4. The van der Waals surface area contributed by atoms with Crippen LogP contribution in [0.1, 0.15) is 5.56 Å². The normalized spacial score (nSPS) is 10.5. The van der Waals surface area contributed by atoms with Gasteiger partial charge in [0, 0.05) is 35.9 Å². The fourth-order valence-corrected chi connectivity index (χ4v) is 2.19. The van der Waals surface area contributed by atoms with Crippen molar-refractivity contribution in [1.29, 1.82) is 0 Å². The van der Waals surface area contributed by atoms with Gasteiger partial charge in [-0.2, -0.15) is 5.10 Å². The summed E-state index contributed by atoms with van der Waals surface area (Å²) in [5.74, 6) is 0. The summed E-state index contributed by atoms with van der Waals surface area (Å²) in [6.45, 7) is 0.347. The number of rotatable bonds is 3. The second-order valence-corrected chi connectivity index (χ2v) is 5.27. The van der Waals surface area contributed by atoms with Gasteiger partial charge in [0.15, 0.2) is 0 Å². The number of benzene rings is 1. The minimum absolute atomic E-state index is 0.152. The Labute approximate surface area is 119 Å². The molecule has 19 heavy (non-hydrogen) atoms. The molecule has 0 radical (unpaired) electrons. The number of halogens is 1. The summed E-state index contributed by atoms with van der Waals surface area (Å²) >= 11 is 3.44. The van der Waals surface area contributed by atoms with Gasteiger partial charge in [0.2, 0.25) is 0 Å². The number of hydrogen-bond acceptors (Lipinski definition) is 4. The van der Waals surface area contributed by atoms with Crippen LogP contribution in [0.15, 0.2) is 39.7 Å². The molecule has 5 nitrogen and oxygen atoms in total. The van der Waals surface area contributed by atoms with E-state index in [-0.39, 0.29) is 5.56 Å². The van der Waals surface area contributed by atoms with E-state index in [2.05, 4.69) is 21.0 Å². The highest BCUT2D eigenvalue weighted by Gasteiger charge is 2.08. The predicted molar refractivity (Wildman–Crippen MR) is 80.5 cm³/mol. The Balaban J connectivity index is 2.37. The van der Waals surface area contributed by atoms with Crippen molar-refractivity contribution in [3.8, 4) is 0 Å². The minimum Gasteiger partial charge on any atom is -0.398 e. The van der Waals surface area contributed by atoms with Crippen molar-refractivity contribution in [2.75, 3.05) is 24.7 Å². The molecule has 0 spiro atoms. The van der Waals surface area contributed by atoms with Crippen molar-refractivity contribution >= 4 is 27.3 Å². The molecule has 0 saturated heterocycles. The van der Waals surface area contributed by atoms with Crippen molar-refractivity contribution in [3.63, 3.8) is 0 Å². The van der Waals surface area contributed by atoms with E-state index in [1.54, 1.807) is 18.3 Å². The zero-order chi connectivity index (χ0) is 14.0. The van der Waals surface area contributed by atoms with E-state index >= 15 is 0 Å². The van der Waals surface area contributed by atoms with Gasteiger partial charge in [0.1, 0.15) is 0 Å². The smallest absolute Gasteiger partial charge is 0.269 e. The molecule has 0 fully saturated rings. The van der Waals surface area contributed by atoms with Crippen molar-refractivity contribution in [1.82, 2.24) is 9.78 Å². The molecule has 1 aromatic heterocycles. The summed E-state index contributed by atoms with van der Waals surface area (Å²) in [5.41, 5.74) is 8.04. The Morgan fingerprint density at radius 2 is 2.16 bits per heavy atom. The number of aromatic nitrogens is 2. The maximum absolute atomic E-state index is 12.0. The van der Waals surface area contributed by atoms with Crippen LogP contribution in [0, 0.1) is 0 Å². The SMILES string of the molecule is CN(C)c1cnn(Cc2c(N)cccc2Br)c(=O)c1. The zero-order valence-electron chi connectivity index (χ0n) is 10.8. The van der Waals surface area contributed by atoms with Gasteiger partial charge in [-0.3, -0.25) is 4.79 Å². The largest absolute Gasteiger partial charge is 0.398 e. The lowest BCUT2D eigenvalue weighted by Crippen LogP contribution is -2.25. The van der Waals surface area contributed by atoms with Crippen LogP contribution in [0.25, 0.3) is 0 Å². The maximum Gasteiger partial charge on any atom is 0.269 e. The van der Waals surface area contributed by atoms with Crippen LogP contribution in [0.5, 0.6) is 0 Å². The molecule has 0 aliphatic heterocycles. The standard InChI is InChI=1S/C13H15BrN4O/c1-17(2)9-6-13(19)18(16-7-9)8-10-11(14)4-3-5-12(10)15/h3-7H,8,15H2,1-2H3. The molecule has 0 bridgehead atoms. The van der Waals surface area contributed by atoms with E-state index in [1.165, 1.54) is 4.68 Å². The molecule has 0 aliphatic carbocycles. The van der Waals surface area contributed by atoms with Crippen molar-refractivity contribution in [2.24, 2.45) is 0 Å². The third kappa shape index (κ3) is 2.96. The van der Waals surface area contributed by atoms with Crippen molar-refractivity contribution < 1.29 is 0 Å². The summed E-state index contributed by atoms with van der Waals surface area (Å²) in [6, 6.07) is 7.11. The number of nitrogen functional groups attached to an aromatic ring is 1. The minimum atomic E-state index is -0.152. The average Bonchev–Trinajstić information content (AvgIpc) is 2.35. The topological polar surface area (TPSA) is 64.2 Å². The molecular weight excluding hydrogens is 308 g/mol. The van der Waals surface area contributed by atoms with E-state index in [0.717, 1.165) is 15.7 Å². The van der Waals surface area contributed by atoms with Gasteiger partial charge in [0.25, 0.3) is 5.56 Å². The van der Waals surface area contributed by atoms with Gasteiger partial charge in [0.05, 0.1) is 18.4 Å². The van der Waals surface area contributed by atoms with E-state index in [9.17, 15) is 4.79 Å². The van der Waals surface area contributed by atoms with Gasteiger partial charge < -0.3 is 10.6 Å². The quantitative estimate of drug-likeness (QED) is 0.874. The Kier molecular flexibility index (Phi) is 3.90.